The van der Waals surface area contributed by atoms with Crippen molar-refractivity contribution >= 4 is 11.6 Å². The maximum atomic E-state index is 11.0. The smallest absolute Gasteiger partial charge is 0.352 e. The van der Waals surface area contributed by atoms with Gasteiger partial charge in [-0.05, 0) is 13.3 Å². The van der Waals surface area contributed by atoms with Crippen molar-refractivity contribution in [1.29, 1.82) is 0 Å². The molecule has 0 aliphatic rings. The van der Waals surface area contributed by atoms with Crippen molar-refractivity contribution in [2.75, 3.05) is 5.73 Å². The summed E-state index contributed by atoms with van der Waals surface area (Å²) in [6.45, 7) is 4.22. The highest BCUT2D eigenvalue weighted by molar-refractivity contribution is 5.49. The minimum absolute atomic E-state index is 0.0796. The second-order valence-corrected chi connectivity index (χ2v) is 4.12. The summed E-state index contributed by atoms with van der Waals surface area (Å²) in [5.41, 5.74) is 5.34. The zero-order valence-corrected chi connectivity index (χ0v) is 11.1. The predicted octanol–water partition coefficient (Wildman–Crippen LogP) is 1.67. The van der Waals surface area contributed by atoms with Crippen molar-refractivity contribution in [3.63, 3.8) is 0 Å². The van der Waals surface area contributed by atoms with Crippen LogP contribution in [0.5, 0.6) is 11.6 Å². The summed E-state index contributed by atoms with van der Waals surface area (Å²) in [7, 11) is 0. The van der Waals surface area contributed by atoms with Gasteiger partial charge < -0.3 is 10.5 Å². The lowest BCUT2D eigenvalue weighted by molar-refractivity contribution is -0.386. The lowest BCUT2D eigenvalue weighted by Crippen LogP contribution is -2.04. The Kier molecular flexibility index (Phi) is 3.78. The van der Waals surface area contributed by atoms with Crippen LogP contribution in [-0.2, 0) is 6.54 Å². The summed E-state index contributed by atoms with van der Waals surface area (Å²) >= 11 is 0. The van der Waals surface area contributed by atoms with Crippen molar-refractivity contribution in [3.05, 3.63) is 28.2 Å². The van der Waals surface area contributed by atoms with Gasteiger partial charge in [0.15, 0.2) is 5.75 Å². The number of rotatable bonds is 5. The summed E-state index contributed by atoms with van der Waals surface area (Å²) in [5, 5.41) is 15.1. The van der Waals surface area contributed by atoms with Crippen LogP contribution in [0.2, 0.25) is 0 Å². The van der Waals surface area contributed by atoms with Gasteiger partial charge in [0.1, 0.15) is 5.69 Å². The van der Waals surface area contributed by atoms with E-state index in [1.807, 2.05) is 6.92 Å². The second-order valence-electron chi connectivity index (χ2n) is 4.12. The molecular weight excluding hydrogens is 264 g/mol. The Hall–Kier alpha value is -2.71. The second kappa shape index (κ2) is 5.51. The predicted molar refractivity (Wildman–Crippen MR) is 70.4 cm³/mol. The van der Waals surface area contributed by atoms with Gasteiger partial charge in [0.25, 0.3) is 0 Å². The quantitative estimate of drug-likeness (QED) is 0.651. The van der Waals surface area contributed by atoms with E-state index in [2.05, 4.69) is 15.1 Å². The van der Waals surface area contributed by atoms with E-state index in [0.29, 0.717) is 5.75 Å². The first-order chi connectivity index (χ1) is 9.51. The fourth-order valence-corrected chi connectivity index (χ4v) is 1.70. The fourth-order valence-electron chi connectivity index (χ4n) is 1.70. The molecule has 9 nitrogen and oxygen atoms in total. The molecule has 0 radical (unpaired) electrons. The van der Waals surface area contributed by atoms with Gasteiger partial charge in [-0.25, -0.2) is 4.98 Å². The van der Waals surface area contributed by atoms with Gasteiger partial charge in [0.05, 0.1) is 17.3 Å². The number of hydrogen-bond acceptors (Lipinski definition) is 7. The van der Waals surface area contributed by atoms with Crippen molar-refractivity contribution in [2.24, 2.45) is 0 Å². The van der Waals surface area contributed by atoms with Crippen molar-refractivity contribution in [2.45, 2.75) is 26.8 Å². The number of hydrogen-bond donors (Lipinski definition) is 1. The molecule has 2 aromatic heterocycles. The van der Waals surface area contributed by atoms with E-state index in [-0.39, 0.29) is 23.2 Å². The zero-order chi connectivity index (χ0) is 14.7. The molecule has 2 rings (SSSR count). The number of nitrogen functional groups attached to an aromatic ring is 1. The molecule has 2 heterocycles. The molecule has 0 saturated heterocycles. The van der Waals surface area contributed by atoms with Gasteiger partial charge in [0.2, 0.25) is 5.95 Å². The van der Waals surface area contributed by atoms with E-state index in [0.717, 1.165) is 13.0 Å². The Labute approximate surface area is 114 Å². The normalized spacial score (nSPS) is 10.5. The Morgan fingerprint density at radius 3 is 2.90 bits per heavy atom. The molecule has 2 N–H and O–H groups in total. The molecule has 106 valence electrons. The third kappa shape index (κ3) is 2.82. The summed E-state index contributed by atoms with van der Waals surface area (Å²) < 4.78 is 7.08. The molecule has 20 heavy (non-hydrogen) atoms. The lowest BCUT2D eigenvalue weighted by Gasteiger charge is -2.05. The Balaban J connectivity index is 2.34. The van der Waals surface area contributed by atoms with Gasteiger partial charge >= 0.3 is 11.6 Å². The molecule has 0 spiro atoms. The maximum absolute atomic E-state index is 11.0. The average molecular weight is 278 g/mol. The molecule has 0 fully saturated rings. The fraction of sp³-hybridized carbons (Fsp3) is 0.364. The number of aryl methyl sites for hydroxylation is 2. The van der Waals surface area contributed by atoms with Crippen LogP contribution in [0.4, 0.5) is 11.6 Å². The van der Waals surface area contributed by atoms with Crippen molar-refractivity contribution in [3.8, 4) is 11.6 Å². The summed E-state index contributed by atoms with van der Waals surface area (Å²) in [4.78, 5) is 18.0. The number of anilines is 1. The zero-order valence-electron chi connectivity index (χ0n) is 11.1. The van der Waals surface area contributed by atoms with Gasteiger partial charge in [-0.15, -0.1) is 0 Å². The monoisotopic (exact) mass is 278 g/mol. The maximum Gasteiger partial charge on any atom is 0.352 e. The topological polar surface area (TPSA) is 122 Å². The molecule has 0 saturated carbocycles. The molecule has 0 unspecified atom stereocenters. The standard InChI is InChI=1S/C11H14N6O3/c1-3-4-16-6-8(5-13-16)20-10-9(17(18)19)7(2)14-11(12)15-10/h5-6H,3-4H2,1-2H3,(H2,12,14,15). The van der Waals surface area contributed by atoms with E-state index >= 15 is 0 Å². The summed E-state index contributed by atoms with van der Waals surface area (Å²) in [6, 6.07) is 0. The third-order valence-corrected chi connectivity index (χ3v) is 2.50. The number of nitrogens with two attached hydrogens (primary N) is 1. The van der Waals surface area contributed by atoms with Crippen LogP contribution in [0.1, 0.15) is 19.0 Å². The van der Waals surface area contributed by atoms with Crippen molar-refractivity contribution < 1.29 is 9.66 Å². The first-order valence-electron chi connectivity index (χ1n) is 6.00. The number of ether oxygens (including phenoxy) is 1. The van der Waals surface area contributed by atoms with Crippen LogP contribution in [0.25, 0.3) is 0 Å². The SMILES string of the molecule is CCCn1cc(Oc2nc(N)nc(C)c2[N+](=O)[O-])cn1. The highest BCUT2D eigenvalue weighted by Gasteiger charge is 2.24. The molecule has 0 amide bonds. The largest absolute Gasteiger partial charge is 0.430 e. The Bertz CT molecular complexity index is 639. The first-order valence-corrected chi connectivity index (χ1v) is 6.00. The molecule has 9 heteroatoms. The number of nitro groups is 1. The molecule has 0 bridgehead atoms. The minimum Gasteiger partial charge on any atom is -0.430 e. The molecule has 0 atom stereocenters. The van der Waals surface area contributed by atoms with Crippen LogP contribution in [0, 0.1) is 17.0 Å². The first kappa shape index (κ1) is 13.7. The Morgan fingerprint density at radius 1 is 1.50 bits per heavy atom. The van der Waals surface area contributed by atoms with Crippen LogP contribution < -0.4 is 10.5 Å². The van der Waals surface area contributed by atoms with E-state index in [1.54, 1.807) is 10.9 Å². The van der Waals surface area contributed by atoms with E-state index in [9.17, 15) is 10.1 Å². The van der Waals surface area contributed by atoms with Gasteiger partial charge in [-0.3, -0.25) is 14.8 Å². The van der Waals surface area contributed by atoms with Gasteiger partial charge in [-0.1, -0.05) is 6.92 Å². The molecular formula is C11H14N6O3. The minimum atomic E-state index is -0.597. The molecule has 0 aliphatic carbocycles. The number of aromatic nitrogens is 4. The summed E-state index contributed by atoms with van der Waals surface area (Å²) in [6.07, 6.45) is 4.02. The Morgan fingerprint density at radius 2 is 2.25 bits per heavy atom. The lowest BCUT2D eigenvalue weighted by atomic mass is 10.3. The van der Waals surface area contributed by atoms with E-state index in [1.165, 1.54) is 13.1 Å². The van der Waals surface area contributed by atoms with Crippen LogP contribution in [0.15, 0.2) is 12.4 Å². The highest BCUT2D eigenvalue weighted by Crippen LogP contribution is 2.31. The van der Waals surface area contributed by atoms with Crippen molar-refractivity contribution in [1.82, 2.24) is 19.7 Å². The summed E-state index contributed by atoms with van der Waals surface area (Å²) in [5.74, 6) is 0.0964. The highest BCUT2D eigenvalue weighted by atomic mass is 16.6. The number of nitrogens with zero attached hydrogens (tertiary/aromatic N) is 5. The van der Waals surface area contributed by atoms with Gasteiger partial charge in [0, 0.05) is 6.54 Å². The third-order valence-electron chi connectivity index (χ3n) is 2.50. The van der Waals surface area contributed by atoms with Gasteiger partial charge in [-0.2, -0.15) is 10.1 Å². The molecule has 0 aromatic carbocycles. The van der Waals surface area contributed by atoms with Crippen LogP contribution in [0.3, 0.4) is 0 Å². The van der Waals surface area contributed by atoms with E-state index in [4.69, 9.17) is 10.5 Å². The van der Waals surface area contributed by atoms with E-state index < -0.39 is 4.92 Å². The van der Waals surface area contributed by atoms with Crippen LogP contribution in [-0.4, -0.2) is 24.7 Å². The molecule has 2 aromatic rings. The van der Waals surface area contributed by atoms with Crippen LogP contribution >= 0.6 is 0 Å². The molecule has 0 aliphatic heterocycles. The average Bonchev–Trinajstić information content (AvgIpc) is 2.75.